The summed E-state index contributed by atoms with van der Waals surface area (Å²) in [5, 5.41) is 4.19. The molecule has 4 rings (SSSR count). The van der Waals surface area contributed by atoms with Gasteiger partial charge in [-0.15, -0.1) is 11.3 Å². The van der Waals surface area contributed by atoms with E-state index in [-0.39, 0.29) is 24.2 Å². The van der Waals surface area contributed by atoms with E-state index in [2.05, 4.69) is 5.32 Å². The van der Waals surface area contributed by atoms with Crippen LogP contribution in [0.4, 0.5) is 5.69 Å². The molecule has 2 heterocycles. The summed E-state index contributed by atoms with van der Waals surface area (Å²) in [6.45, 7) is 1.03. The third-order valence-electron chi connectivity index (χ3n) is 5.62. The van der Waals surface area contributed by atoms with Crippen LogP contribution in [0.3, 0.4) is 0 Å². The molecule has 1 aliphatic heterocycles. The van der Waals surface area contributed by atoms with Gasteiger partial charge < -0.3 is 15.0 Å². The van der Waals surface area contributed by atoms with Crippen LogP contribution >= 0.6 is 11.3 Å². The van der Waals surface area contributed by atoms with Crippen molar-refractivity contribution in [3.8, 4) is 5.75 Å². The third-order valence-corrected chi connectivity index (χ3v) is 6.83. The van der Waals surface area contributed by atoms with Crippen molar-refractivity contribution in [1.29, 1.82) is 0 Å². The Balaban J connectivity index is 1.24. The first-order chi connectivity index (χ1) is 14.1. The Morgan fingerprint density at radius 2 is 2.21 bits per heavy atom. The first-order valence-electron chi connectivity index (χ1n) is 10.3. The van der Waals surface area contributed by atoms with Crippen molar-refractivity contribution in [1.82, 2.24) is 10.3 Å². The number of methoxy groups -OCH3 is 1. The molecule has 1 aromatic heterocycles. The molecular weight excluding hydrogens is 386 g/mol. The molecule has 1 aliphatic carbocycles. The van der Waals surface area contributed by atoms with Gasteiger partial charge in [0.2, 0.25) is 11.8 Å². The van der Waals surface area contributed by atoms with Gasteiger partial charge in [0.25, 0.3) is 0 Å². The molecule has 2 amide bonds. The van der Waals surface area contributed by atoms with Crippen LogP contribution in [0.5, 0.6) is 5.75 Å². The number of aryl methyl sites for hydroxylation is 3. The summed E-state index contributed by atoms with van der Waals surface area (Å²) in [6.07, 6.45) is 6.83. The van der Waals surface area contributed by atoms with E-state index in [1.165, 1.54) is 34.8 Å². The summed E-state index contributed by atoms with van der Waals surface area (Å²) in [7, 11) is 1.60. The molecule has 1 unspecified atom stereocenters. The zero-order valence-electron chi connectivity index (χ0n) is 16.8. The smallest absolute Gasteiger partial charge is 0.227 e. The van der Waals surface area contributed by atoms with Crippen molar-refractivity contribution in [3.63, 3.8) is 0 Å². The van der Waals surface area contributed by atoms with E-state index >= 15 is 0 Å². The topological polar surface area (TPSA) is 71.5 Å². The lowest BCUT2D eigenvalue weighted by Gasteiger charge is -2.17. The number of fused-ring (bicyclic) bond motifs is 1. The van der Waals surface area contributed by atoms with E-state index in [9.17, 15) is 9.59 Å². The monoisotopic (exact) mass is 413 g/mol. The lowest BCUT2D eigenvalue weighted by atomic mass is 10.0. The van der Waals surface area contributed by atoms with Crippen LogP contribution in [0.2, 0.25) is 0 Å². The Labute approximate surface area is 175 Å². The summed E-state index contributed by atoms with van der Waals surface area (Å²) < 4.78 is 5.23. The van der Waals surface area contributed by atoms with Gasteiger partial charge in [0, 0.05) is 42.6 Å². The number of carbonyl (C=O) groups is 2. The fourth-order valence-electron chi connectivity index (χ4n) is 4.02. The second-order valence-corrected chi connectivity index (χ2v) is 8.85. The minimum Gasteiger partial charge on any atom is -0.497 e. The molecule has 1 atom stereocenters. The average Bonchev–Trinajstić information content (AvgIpc) is 3.34. The minimum atomic E-state index is -0.305. The van der Waals surface area contributed by atoms with Crippen LogP contribution in [0, 0.1) is 5.92 Å². The molecule has 1 N–H and O–H groups in total. The third kappa shape index (κ3) is 4.61. The predicted octanol–water partition coefficient (Wildman–Crippen LogP) is 3.13. The summed E-state index contributed by atoms with van der Waals surface area (Å²) in [5.41, 5.74) is 2.07. The van der Waals surface area contributed by atoms with Gasteiger partial charge in [-0.3, -0.25) is 9.59 Å². The largest absolute Gasteiger partial charge is 0.497 e. The van der Waals surface area contributed by atoms with Crippen LogP contribution in [0.1, 0.15) is 41.3 Å². The number of rotatable bonds is 7. The zero-order chi connectivity index (χ0) is 20.2. The van der Waals surface area contributed by atoms with Crippen molar-refractivity contribution < 1.29 is 14.3 Å². The van der Waals surface area contributed by atoms with Crippen LogP contribution in [-0.4, -0.2) is 37.0 Å². The molecule has 1 fully saturated rings. The maximum absolute atomic E-state index is 12.5. The van der Waals surface area contributed by atoms with E-state index in [0.717, 1.165) is 24.9 Å². The standard InChI is InChI=1S/C22H27N3O3S/c1-28-17-7-4-6-16(13-17)25-14-15(12-21(25)26)22(27)23-11-5-10-20-24-18-8-2-3-9-19(18)29-20/h4,6-7,13,15H,2-3,5,8-12,14H2,1H3,(H,23,27). The summed E-state index contributed by atoms with van der Waals surface area (Å²) in [5.74, 6) is 0.335. The molecular formula is C22H27N3O3S. The number of nitrogens with one attached hydrogen (secondary N) is 1. The van der Waals surface area contributed by atoms with Gasteiger partial charge in [-0.2, -0.15) is 0 Å². The van der Waals surface area contributed by atoms with E-state index in [0.29, 0.717) is 18.8 Å². The Kier molecular flexibility index (Phi) is 6.13. The number of carbonyl (C=O) groups excluding carboxylic acids is 2. The van der Waals surface area contributed by atoms with Crippen molar-refractivity contribution in [2.24, 2.45) is 5.92 Å². The molecule has 2 aromatic rings. The fourth-order valence-corrected chi connectivity index (χ4v) is 5.22. The molecule has 154 valence electrons. The van der Waals surface area contributed by atoms with Crippen LogP contribution < -0.4 is 15.0 Å². The number of amides is 2. The zero-order valence-corrected chi connectivity index (χ0v) is 17.6. The van der Waals surface area contributed by atoms with Crippen LogP contribution in [0.25, 0.3) is 0 Å². The first-order valence-corrected chi connectivity index (χ1v) is 11.2. The number of ether oxygens (including phenoxy) is 1. The maximum Gasteiger partial charge on any atom is 0.227 e. The number of benzene rings is 1. The molecule has 0 bridgehead atoms. The highest BCUT2D eigenvalue weighted by Gasteiger charge is 2.35. The number of thiazole rings is 1. The maximum atomic E-state index is 12.5. The molecule has 1 aromatic carbocycles. The van der Waals surface area contributed by atoms with E-state index in [1.807, 2.05) is 35.6 Å². The van der Waals surface area contributed by atoms with Gasteiger partial charge in [0.05, 0.1) is 23.7 Å². The van der Waals surface area contributed by atoms with E-state index in [1.54, 1.807) is 12.0 Å². The molecule has 7 heteroatoms. The second kappa shape index (κ2) is 8.95. The Hall–Kier alpha value is -2.41. The molecule has 0 saturated carbocycles. The van der Waals surface area contributed by atoms with E-state index in [4.69, 9.17) is 9.72 Å². The number of nitrogens with zero attached hydrogens (tertiary/aromatic N) is 2. The number of hydrogen-bond acceptors (Lipinski definition) is 5. The first kappa shape index (κ1) is 19.9. The highest BCUT2D eigenvalue weighted by atomic mass is 32.1. The molecule has 29 heavy (non-hydrogen) atoms. The van der Waals surface area contributed by atoms with Gasteiger partial charge in [-0.1, -0.05) is 6.07 Å². The normalized spacial score (nSPS) is 18.6. The molecule has 0 radical (unpaired) electrons. The quantitative estimate of drug-likeness (QED) is 0.708. The van der Waals surface area contributed by atoms with Crippen molar-refractivity contribution in [3.05, 3.63) is 39.8 Å². The molecule has 6 nitrogen and oxygen atoms in total. The Morgan fingerprint density at radius 1 is 1.34 bits per heavy atom. The SMILES string of the molecule is COc1cccc(N2CC(C(=O)NCCCc3nc4c(s3)CCCC4)CC2=O)c1. The van der Waals surface area contributed by atoms with Gasteiger partial charge in [-0.05, 0) is 44.2 Å². The Bertz CT molecular complexity index is 872. The highest BCUT2D eigenvalue weighted by Crippen LogP contribution is 2.29. The van der Waals surface area contributed by atoms with Gasteiger partial charge in [-0.25, -0.2) is 4.98 Å². The number of anilines is 1. The Morgan fingerprint density at radius 3 is 3.03 bits per heavy atom. The summed E-state index contributed by atoms with van der Waals surface area (Å²) in [6, 6.07) is 7.39. The summed E-state index contributed by atoms with van der Waals surface area (Å²) >= 11 is 1.84. The van der Waals surface area contributed by atoms with Gasteiger partial charge in [0.15, 0.2) is 0 Å². The summed E-state index contributed by atoms with van der Waals surface area (Å²) in [4.78, 5) is 32.8. The molecule has 1 saturated heterocycles. The second-order valence-electron chi connectivity index (χ2n) is 7.69. The number of aromatic nitrogens is 1. The predicted molar refractivity (Wildman–Crippen MR) is 114 cm³/mol. The van der Waals surface area contributed by atoms with Gasteiger partial charge in [0.1, 0.15) is 5.75 Å². The van der Waals surface area contributed by atoms with Crippen molar-refractivity contribution in [2.75, 3.05) is 25.1 Å². The minimum absolute atomic E-state index is 0.0215. The van der Waals surface area contributed by atoms with Crippen molar-refractivity contribution >= 4 is 28.8 Å². The van der Waals surface area contributed by atoms with Crippen LogP contribution in [0.15, 0.2) is 24.3 Å². The lowest BCUT2D eigenvalue weighted by molar-refractivity contribution is -0.126. The number of hydrogen-bond donors (Lipinski definition) is 1. The van der Waals surface area contributed by atoms with Gasteiger partial charge >= 0.3 is 0 Å². The molecule has 0 spiro atoms. The van der Waals surface area contributed by atoms with E-state index < -0.39 is 0 Å². The van der Waals surface area contributed by atoms with Crippen molar-refractivity contribution in [2.45, 2.75) is 44.9 Å². The van der Waals surface area contributed by atoms with Crippen LogP contribution in [-0.2, 0) is 28.9 Å². The highest BCUT2D eigenvalue weighted by molar-refractivity contribution is 7.11. The fraction of sp³-hybridized carbons (Fsp3) is 0.500. The molecule has 2 aliphatic rings. The lowest BCUT2D eigenvalue weighted by Crippen LogP contribution is -2.33. The average molecular weight is 414 g/mol.